The van der Waals surface area contributed by atoms with Crippen LogP contribution in [0, 0.1) is 0 Å². The highest BCUT2D eigenvalue weighted by molar-refractivity contribution is 7.86. The van der Waals surface area contributed by atoms with Crippen LogP contribution in [0.4, 0.5) is 5.82 Å². The van der Waals surface area contributed by atoms with Crippen molar-refractivity contribution < 1.29 is 47.1 Å². The van der Waals surface area contributed by atoms with Crippen molar-refractivity contribution in [3.05, 3.63) is 72.2 Å². The zero-order valence-corrected chi connectivity index (χ0v) is 25.9. The predicted molar refractivity (Wildman–Crippen MR) is 164 cm³/mol. The summed E-state index contributed by atoms with van der Waals surface area (Å²) in [6.07, 6.45) is 5.81. The number of nitrogens with zero attached hydrogens (tertiary/aromatic N) is 3. The number of imidazole rings is 1. The molecule has 3 atom stereocenters. The highest BCUT2D eigenvalue weighted by Gasteiger charge is 2.43. The third-order valence-corrected chi connectivity index (χ3v) is 8.55. The number of benzene rings is 2. The standard InChI is InChI=1S/C31H36N4O10S/c1-2-3-4-5-9-24(34-18-27(32-19-34)33-29(38)23-8-6-7-10-26(23)46(42,43)44)30(39)35-17-22(16-25(35)31(40)41)45-21-13-11-20(12-14-21)15-28(36)37/h6-8,10-14,18-19,22,24-25H,2-5,9,15-17H2,1H3,(H,33,38)(H,36,37)(H,40,41)(H,42,43,44). The van der Waals surface area contributed by atoms with E-state index in [4.69, 9.17) is 9.84 Å². The third-order valence-electron chi connectivity index (χ3n) is 7.64. The number of aromatic nitrogens is 2. The van der Waals surface area contributed by atoms with Crippen LogP contribution in [-0.2, 0) is 30.9 Å². The van der Waals surface area contributed by atoms with Gasteiger partial charge in [-0.05, 0) is 36.2 Å². The van der Waals surface area contributed by atoms with E-state index in [2.05, 4.69) is 17.2 Å². The fraction of sp³-hybridized carbons (Fsp3) is 0.387. The van der Waals surface area contributed by atoms with Gasteiger partial charge in [0, 0.05) is 12.6 Å². The van der Waals surface area contributed by atoms with Gasteiger partial charge < -0.3 is 29.7 Å². The molecule has 3 unspecified atom stereocenters. The topological polar surface area (TPSA) is 205 Å². The summed E-state index contributed by atoms with van der Waals surface area (Å²) < 4.78 is 40.5. The molecule has 4 N–H and O–H groups in total. The van der Waals surface area contributed by atoms with Crippen molar-refractivity contribution in [1.82, 2.24) is 14.5 Å². The average molecular weight is 657 g/mol. The van der Waals surface area contributed by atoms with E-state index >= 15 is 0 Å². The molecule has 2 aromatic carbocycles. The highest BCUT2D eigenvalue weighted by Crippen LogP contribution is 2.29. The van der Waals surface area contributed by atoms with E-state index in [1.807, 2.05) is 0 Å². The van der Waals surface area contributed by atoms with Gasteiger partial charge >= 0.3 is 11.9 Å². The second kappa shape index (κ2) is 15.0. The SMILES string of the molecule is CCCCCCC(C(=O)N1CC(Oc2ccc(CC(=O)O)cc2)CC1C(=O)O)n1cnc(NC(=O)c2ccccc2S(=O)(=O)O)c1. The van der Waals surface area contributed by atoms with Gasteiger partial charge in [-0.2, -0.15) is 8.42 Å². The Labute approximate surface area is 265 Å². The molecule has 2 amide bonds. The Bertz CT molecular complexity index is 1670. The van der Waals surface area contributed by atoms with Crippen LogP contribution in [0.25, 0.3) is 0 Å². The van der Waals surface area contributed by atoms with Crippen LogP contribution in [0.3, 0.4) is 0 Å². The molecule has 2 heterocycles. The maximum Gasteiger partial charge on any atom is 0.326 e. The smallest absolute Gasteiger partial charge is 0.326 e. The number of carboxylic acid groups (broad SMARTS) is 2. The van der Waals surface area contributed by atoms with Crippen molar-refractivity contribution in [1.29, 1.82) is 0 Å². The molecule has 46 heavy (non-hydrogen) atoms. The normalized spacial score (nSPS) is 17.0. The number of anilines is 1. The number of carbonyl (C=O) groups excluding carboxylic acids is 2. The van der Waals surface area contributed by atoms with Crippen LogP contribution < -0.4 is 10.1 Å². The molecule has 3 aromatic rings. The minimum Gasteiger partial charge on any atom is -0.488 e. The fourth-order valence-electron chi connectivity index (χ4n) is 5.40. The Kier molecular flexibility index (Phi) is 11.1. The fourth-order valence-corrected chi connectivity index (χ4v) is 6.09. The van der Waals surface area contributed by atoms with Crippen LogP contribution in [0.1, 0.15) is 67.4 Å². The van der Waals surface area contributed by atoms with Gasteiger partial charge in [0.15, 0.2) is 5.82 Å². The molecule has 1 saturated heterocycles. The second-order valence-electron chi connectivity index (χ2n) is 11.0. The third kappa shape index (κ3) is 8.69. The monoisotopic (exact) mass is 656 g/mol. The summed E-state index contributed by atoms with van der Waals surface area (Å²) in [7, 11) is -4.67. The van der Waals surface area contributed by atoms with E-state index in [1.165, 1.54) is 40.2 Å². The number of carbonyl (C=O) groups is 4. The first kappa shape index (κ1) is 34.1. The van der Waals surface area contributed by atoms with Crippen LogP contribution in [-0.4, -0.2) is 80.1 Å². The molecule has 1 fully saturated rings. The number of unbranched alkanes of at least 4 members (excludes halogenated alkanes) is 3. The molecule has 1 aromatic heterocycles. The average Bonchev–Trinajstić information content (AvgIpc) is 3.64. The van der Waals surface area contributed by atoms with E-state index in [1.54, 1.807) is 24.3 Å². The van der Waals surface area contributed by atoms with Crippen LogP contribution in [0.5, 0.6) is 5.75 Å². The number of hydrogen-bond acceptors (Lipinski definition) is 8. The minimum atomic E-state index is -4.67. The van der Waals surface area contributed by atoms with Crippen molar-refractivity contribution in [3.8, 4) is 5.75 Å². The summed E-state index contributed by atoms with van der Waals surface area (Å²) in [6, 6.07) is 9.55. The summed E-state index contributed by atoms with van der Waals surface area (Å²) in [6.45, 7) is 2.05. The highest BCUT2D eigenvalue weighted by atomic mass is 32.2. The zero-order valence-electron chi connectivity index (χ0n) is 25.1. The molecule has 0 saturated carbocycles. The van der Waals surface area contributed by atoms with Crippen molar-refractivity contribution >= 4 is 39.7 Å². The number of rotatable bonds is 15. The number of amides is 2. The van der Waals surface area contributed by atoms with Crippen LogP contribution in [0.15, 0.2) is 66.0 Å². The van der Waals surface area contributed by atoms with Crippen molar-refractivity contribution in [3.63, 3.8) is 0 Å². The summed E-state index contributed by atoms with van der Waals surface area (Å²) in [4.78, 5) is 55.0. The number of carboxylic acids is 2. The van der Waals surface area contributed by atoms with Gasteiger partial charge in [0.2, 0.25) is 5.91 Å². The minimum absolute atomic E-state index is 0.00282. The molecular weight excluding hydrogens is 620 g/mol. The molecular formula is C31H36N4O10S. The first-order chi connectivity index (χ1) is 21.9. The molecule has 14 nitrogen and oxygen atoms in total. The molecule has 0 radical (unpaired) electrons. The van der Waals surface area contributed by atoms with Crippen molar-refractivity contribution in [2.45, 2.75) is 75.0 Å². The lowest BCUT2D eigenvalue weighted by Gasteiger charge is -2.27. The molecule has 0 bridgehead atoms. The van der Waals surface area contributed by atoms with Gasteiger partial charge in [0.1, 0.15) is 28.8 Å². The molecule has 1 aliphatic heterocycles. The van der Waals surface area contributed by atoms with E-state index < -0.39 is 57.0 Å². The van der Waals surface area contributed by atoms with Gasteiger partial charge in [-0.1, -0.05) is 56.9 Å². The van der Waals surface area contributed by atoms with Gasteiger partial charge in [-0.3, -0.25) is 18.9 Å². The summed E-state index contributed by atoms with van der Waals surface area (Å²) in [5.74, 6) is -3.02. The summed E-state index contributed by atoms with van der Waals surface area (Å²) in [5, 5.41) is 21.5. The Hall–Kier alpha value is -4.76. The Balaban J connectivity index is 1.53. The van der Waals surface area contributed by atoms with Crippen LogP contribution in [0.2, 0.25) is 0 Å². The lowest BCUT2D eigenvalue weighted by molar-refractivity contribution is -0.149. The largest absolute Gasteiger partial charge is 0.488 e. The van der Waals surface area contributed by atoms with Crippen LogP contribution >= 0.6 is 0 Å². The molecule has 246 valence electrons. The van der Waals surface area contributed by atoms with E-state index in [0.717, 1.165) is 25.3 Å². The summed E-state index contributed by atoms with van der Waals surface area (Å²) in [5.41, 5.74) is 0.284. The van der Waals surface area contributed by atoms with E-state index in [9.17, 15) is 37.3 Å². The van der Waals surface area contributed by atoms with Gasteiger partial charge in [-0.15, -0.1) is 0 Å². The lowest BCUT2D eigenvalue weighted by Crippen LogP contribution is -2.44. The second-order valence-corrected chi connectivity index (χ2v) is 12.4. The quantitative estimate of drug-likeness (QED) is 0.137. The lowest BCUT2D eigenvalue weighted by atomic mass is 10.1. The molecule has 1 aliphatic rings. The molecule has 4 rings (SSSR count). The molecule has 15 heteroatoms. The first-order valence-electron chi connectivity index (χ1n) is 14.8. The van der Waals surface area contributed by atoms with E-state index in [0.29, 0.717) is 24.2 Å². The molecule has 0 spiro atoms. The predicted octanol–water partition coefficient (Wildman–Crippen LogP) is 3.65. The Morgan fingerprint density at radius 3 is 2.41 bits per heavy atom. The maximum absolute atomic E-state index is 14.0. The molecule has 0 aliphatic carbocycles. The van der Waals surface area contributed by atoms with Gasteiger partial charge in [0.05, 0.1) is 24.9 Å². The number of ether oxygens (including phenoxy) is 1. The Morgan fingerprint density at radius 2 is 1.76 bits per heavy atom. The number of likely N-dealkylation sites (tertiary alicyclic amines) is 1. The van der Waals surface area contributed by atoms with Gasteiger partial charge in [0.25, 0.3) is 16.0 Å². The maximum atomic E-state index is 14.0. The number of nitrogens with one attached hydrogen (secondary N) is 1. The van der Waals surface area contributed by atoms with Crippen molar-refractivity contribution in [2.24, 2.45) is 0 Å². The summed E-state index contributed by atoms with van der Waals surface area (Å²) >= 11 is 0. The zero-order chi connectivity index (χ0) is 33.4. The number of aliphatic carboxylic acids is 2. The first-order valence-corrected chi connectivity index (χ1v) is 16.2. The van der Waals surface area contributed by atoms with Gasteiger partial charge in [-0.25, -0.2) is 9.78 Å². The number of hydrogen-bond donors (Lipinski definition) is 4. The van der Waals surface area contributed by atoms with Crippen molar-refractivity contribution in [2.75, 3.05) is 11.9 Å². The Morgan fingerprint density at radius 1 is 1.04 bits per heavy atom. The van der Waals surface area contributed by atoms with E-state index in [-0.39, 0.29) is 30.8 Å².